The number of hydrogen-bond donors (Lipinski definition) is 3. The number of nitrogens with one attached hydrogen (secondary N) is 1. The van der Waals surface area contributed by atoms with Gasteiger partial charge in [0.2, 0.25) is 0 Å². The SMILES string of the molecule is Cc1ccc2c(c1)Nc1c(cnn1C)CN2C(=O)c1ccc(CN)cc1C.O=C(O)C1CC1. The van der Waals surface area contributed by atoms with Crippen molar-refractivity contribution in [1.82, 2.24) is 9.78 Å². The first-order valence-electron chi connectivity index (χ1n) is 11.0. The van der Waals surface area contributed by atoms with Gasteiger partial charge in [-0.1, -0.05) is 18.2 Å². The number of hydrogen-bond acceptors (Lipinski definition) is 5. The van der Waals surface area contributed by atoms with Crippen LogP contribution in [0.1, 0.15) is 45.5 Å². The van der Waals surface area contributed by atoms with Crippen molar-refractivity contribution in [2.45, 2.75) is 39.8 Å². The second-order valence-electron chi connectivity index (χ2n) is 8.64. The van der Waals surface area contributed by atoms with E-state index in [4.69, 9.17) is 10.8 Å². The van der Waals surface area contributed by atoms with Crippen molar-refractivity contribution in [3.05, 3.63) is 70.4 Å². The molecule has 33 heavy (non-hydrogen) atoms. The number of carboxylic acid groups (broad SMARTS) is 1. The Hall–Kier alpha value is -3.65. The standard InChI is InChI=1S/C21H23N5O.C4H6O2/c1-13-4-7-19-18(8-13)24-20-16(11-23-25(20)3)12-26(19)21(27)17-6-5-15(10-22)9-14(17)2;5-4(6)3-1-2-3/h4-9,11,24H,10,12,22H2,1-3H3;3H,1-2H2,(H,5,6). The lowest BCUT2D eigenvalue weighted by molar-refractivity contribution is -0.138. The summed E-state index contributed by atoms with van der Waals surface area (Å²) in [5, 5.41) is 15.8. The summed E-state index contributed by atoms with van der Waals surface area (Å²) in [5.74, 6) is 0.270. The average molecular weight is 448 g/mol. The van der Waals surface area contributed by atoms with E-state index in [1.54, 1.807) is 4.68 Å². The number of carbonyl (C=O) groups is 2. The highest BCUT2D eigenvalue weighted by Crippen LogP contribution is 2.37. The van der Waals surface area contributed by atoms with E-state index in [2.05, 4.69) is 16.5 Å². The predicted molar refractivity (Wildman–Crippen MR) is 128 cm³/mol. The van der Waals surface area contributed by atoms with Gasteiger partial charge in [0.1, 0.15) is 5.82 Å². The zero-order chi connectivity index (χ0) is 23.7. The van der Waals surface area contributed by atoms with Gasteiger partial charge in [-0.2, -0.15) is 5.10 Å². The van der Waals surface area contributed by atoms with Crippen molar-refractivity contribution in [1.29, 1.82) is 0 Å². The van der Waals surface area contributed by atoms with Crippen LogP contribution in [0.15, 0.2) is 42.6 Å². The Balaban J connectivity index is 0.000000376. The summed E-state index contributed by atoms with van der Waals surface area (Å²) in [6.07, 6.45) is 3.61. The molecule has 0 bridgehead atoms. The lowest BCUT2D eigenvalue weighted by Gasteiger charge is -2.24. The van der Waals surface area contributed by atoms with Gasteiger partial charge in [-0.25, -0.2) is 0 Å². The number of carboxylic acids is 1. The zero-order valence-electron chi connectivity index (χ0n) is 19.1. The smallest absolute Gasteiger partial charge is 0.306 e. The van der Waals surface area contributed by atoms with E-state index in [1.807, 2.05) is 62.3 Å². The highest BCUT2D eigenvalue weighted by atomic mass is 16.4. The number of anilines is 3. The van der Waals surface area contributed by atoms with Crippen LogP contribution in [0.3, 0.4) is 0 Å². The van der Waals surface area contributed by atoms with Gasteiger partial charge in [0.25, 0.3) is 5.91 Å². The molecular weight excluding hydrogens is 418 g/mol. The van der Waals surface area contributed by atoms with Crippen LogP contribution in [0, 0.1) is 19.8 Å². The van der Waals surface area contributed by atoms with E-state index in [-0.39, 0.29) is 11.8 Å². The Morgan fingerprint density at radius 1 is 1.18 bits per heavy atom. The molecule has 0 spiro atoms. The van der Waals surface area contributed by atoms with Crippen LogP contribution < -0.4 is 16.0 Å². The third-order valence-electron chi connectivity index (χ3n) is 5.97. The van der Waals surface area contributed by atoms with Gasteiger partial charge in [0.05, 0.1) is 30.0 Å². The molecule has 1 fully saturated rings. The maximum atomic E-state index is 13.5. The number of aromatic nitrogens is 2. The number of nitrogens with zero attached hydrogens (tertiary/aromatic N) is 3. The molecule has 0 atom stereocenters. The molecular formula is C25H29N5O3. The number of aliphatic carboxylic acids is 1. The van der Waals surface area contributed by atoms with E-state index < -0.39 is 5.97 Å². The first-order valence-corrected chi connectivity index (χ1v) is 11.0. The molecule has 2 aromatic carbocycles. The van der Waals surface area contributed by atoms with Crippen molar-refractivity contribution in [2.75, 3.05) is 10.2 Å². The fourth-order valence-corrected chi connectivity index (χ4v) is 3.88. The fourth-order valence-electron chi connectivity index (χ4n) is 3.88. The molecule has 0 unspecified atom stereocenters. The zero-order valence-corrected chi connectivity index (χ0v) is 19.1. The van der Waals surface area contributed by atoms with Crippen molar-refractivity contribution < 1.29 is 14.7 Å². The molecule has 4 N–H and O–H groups in total. The summed E-state index contributed by atoms with van der Waals surface area (Å²) < 4.78 is 1.80. The molecule has 1 aliphatic heterocycles. The van der Waals surface area contributed by atoms with Crippen LogP contribution in [0.2, 0.25) is 0 Å². The van der Waals surface area contributed by atoms with Crippen LogP contribution in [0.4, 0.5) is 17.2 Å². The number of amides is 1. The van der Waals surface area contributed by atoms with Gasteiger partial charge in [-0.15, -0.1) is 0 Å². The van der Waals surface area contributed by atoms with Crippen molar-refractivity contribution in [3.8, 4) is 0 Å². The Kier molecular flexibility index (Phi) is 6.20. The Labute approximate surface area is 193 Å². The number of fused-ring (bicyclic) bond motifs is 2. The molecule has 2 heterocycles. The van der Waals surface area contributed by atoms with Gasteiger partial charge < -0.3 is 21.1 Å². The summed E-state index contributed by atoms with van der Waals surface area (Å²) in [7, 11) is 1.90. The van der Waals surface area contributed by atoms with Gasteiger partial charge in [-0.3, -0.25) is 14.3 Å². The second-order valence-corrected chi connectivity index (χ2v) is 8.64. The number of benzene rings is 2. The molecule has 5 rings (SSSR count). The first kappa shape index (κ1) is 22.5. The molecule has 2 aliphatic rings. The van der Waals surface area contributed by atoms with E-state index in [1.165, 1.54) is 0 Å². The van der Waals surface area contributed by atoms with Crippen molar-refractivity contribution in [2.24, 2.45) is 18.7 Å². The largest absolute Gasteiger partial charge is 0.481 e. The van der Waals surface area contributed by atoms with Crippen LogP contribution >= 0.6 is 0 Å². The summed E-state index contributed by atoms with van der Waals surface area (Å²) in [4.78, 5) is 25.1. The van der Waals surface area contributed by atoms with Gasteiger partial charge >= 0.3 is 5.97 Å². The molecule has 8 nitrogen and oxygen atoms in total. The van der Waals surface area contributed by atoms with Crippen LogP contribution in [-0.2, 0) is 24.9 Å². The molecule has 3 aromatic rings. The van der Waals surface area contributed by atoms with Gasteiger partial charge in [0, 0.05) is 24.7 Å². The van der Waals surface area contributed by atoms with Crippen molar-refractivity contribution >= 4 is 29.1 Å². The first-order chi connectivity index (χ1) is 15.8. The van der Waals surface area contributed by atoms with Gasteiger partial charge in [0.15, 0.2) is 0 Å². The average Bonchev–Trinajstić information content (AvgIpc) is 3.60. The highest BCUT2D eigenvalue weighted by Gasteiger charge is 2.29. The molecule has 0 radical (unpaired) electrons. The Morgan fingerprint density at radius 3 is 2.55 bits per heavy atom. The van der Waals surface area contributed by atoms with Gasteiger partial charge in [-0.05, 0) is 61.6 Å². The van der Waals surface area contributed by atoms with Crippen molar-refractivity contribution in [3.63, 3.8) is 0 Å². The summed E-state index contributed by atoms with van der Waals surface area (Å²) in [6.45, 7) is 4.92. The number of aryl methyl sites for hydroxylation is 3. The molecule has 0 saturated heterocycles. The minimum absolute atomic E-state index is 0.0185. The molecule has 172 valence electrons. The molecule has 1 saturated carbocycles. The number of rotatable bonds is 3. The number of carbonyl (C=O) groups excluding carboxylic acids is 1. The summed E-state index contributed by atoms with van der Waals surface area (Å²) in [6, 6.07) is 11.9. The second kappa shape index (κ2) is 9.07. The predicted octanol–water partition coefficient (Wildman–Crippen LogP) is 3.88. The topological polar surface area (TPSA) is 113 Å². The summed E-state index contributed by atoms with van der Waals surface area (Å²) >= 11 is 0. The quantitative estimate of drug-likeness (QED) is 0.562. The lowest BCUT2D eigenvalue weighted by atomic mass is 10.0. The minimum Gasteiger partial charge on any atom is -0.481 e. The fraction of sp³-hybridized carbons (Fsp3) is 0.320. The van der Waals surface area contributed by atoms with Crippen LogP contribution in [0.25, 0.3) is 0 Å². The molecule has 1 aromatic heterocycles. The monoisotopic (exact) mass is 447 g/mol. The molecule has 1 aliphatic carbocycles. The van der Waals surface area contributed by atoms with Crippen LogP contribution in [-0.4, -0.2) is 26.8 Å². The molecule has 8 heteroatoms. The lowest BCUT2D eigenvalue weighted by Crippen LogP contribution is -2.30. The third kappa shape index (κ3) is 4.75. The molecule has 1 amide bonds. The van der Waals surface area contributed by atoms with E-state index in [0.717, 1.165) is 52.3 Å². The van der Waals surface area contributed by atoms with Crippen LogP contribution in [0.5, 0.6) is 0 Å². The third-order valence-corrected chi connectivity index (χ3v) is 5.97. The van der Waals surface area contributed by atoms with E-state index in [0.29, 0.717) is 18.7 Å². The maximum absolute atomic E-state index is 13.5. The Bertz CT molecular complexity index is 1210. The maximum Gasteiger partial charge on any atom is 0.306 e. The highest BCUT2D eigenvalue weighted by molar-refractivity contribution is 6.09. The minimum atomic E-state index is -0.630. The summed E-state index contributed by atoms with van der Waals surface area (Å²) in [5.41, 5.74) is 12.2. The Morgan fingerprint density at radius 2 is 1.94 bits per heavy atom. The normalized spacial score (nSPS) is 14.2. The van der Waals surface area contributed by atoms with E-state index in [9.17, 15) is 9.59 Å². The van der Waals surface area contributed by atoms with E-state index >= 15 is 0 Å². The number of nitrogens with two attached hydrogens (primary N) is 1.